The molecule has 0 spiro atoms. The third kappa shape index (κ3) is 4.53. The van der Waals surface area contributed by atoms with Crippen LogP contribution in [-0.2, 0) is 19.6 Å². The summed E-state index contributed by atoms with van der Waals surface area (Å²) in [6, 6.07) is 9.99. The number of amides is 1. The van der Waals surface area contributed by atoms with E-state index in [2.05, 4.69) is 5.32 Å². The first kappa shape index (κ1) is 19.7. The summed E-state index contributed by atoms with van der Waals surface area (Å²) in [7, 11) is -4.13. The Morgan fingerprint density at radius 3 is 2.27 bits per heavy atom. The van der Waals surface area contributed by atoms with Gasteiger partial charge in [0.05, 0.1) is 10.6 Å². The molecule has 7 nitrogen and oxygen atoms in total. The SMILES string of the molecule is CC(=O)Nc1ccc(S(=O)(=O)N(CC(=O)O)c2ccc(Cl)cc2C)cc1. The first-order valence-corrected chi connectivity index (χ1v) is 9.31. The third-order valence-electron chi connectivity index (χ3n) is 3.47. The van der Waals surface area contributed by atoms with Gasteiger partial charge in [-0.15, -0.1) is 0 Å². The van der Waals surface area contributed by atoms with Crippen molar-refractivity contribution in [2.75, 3.05) is 16.2 Å². The van der Waals surface area contributed by atoms with Gasteiger partial charge >= 0.3 is 5.97 Å². The molecule has 138 valence electrons. The van der Waals surface area contributed by atoms with Crippen molar-refractivity contribution in [2.24, 2.45) is 0 Å². The molecule has 0 radical (unpaired) electrons. The van der Waals surface area contributed by atoms with Crippen LogP contribution in [0, 0.1) is 6.92 Å². The molecule has 0 saturated carbocycles. The van der Waals surface area contributed by atoms with Gasteiger partial charge < -0.3 is 10.4 Å². The number of carbonyl (C=O) groups is 2. The summed E-state index contributed by atoms with van der Waals surface area (Å²) in [6.45, 7) is 2.24. The number of carboxylic acids is 1. The van der Waals surface area contributed by atoms with Crippen LogP contribution in [0.1, 0.15) is 12.5 Å². The summed E-state index contributed by atoms with van der Waals surface area (Å²) < 4.78 is 26.8. The molecule has 0 bridgehead atoms. The summed E-state index contributed by atoms with van der Waals surface area (Å²) in [4.78, 5) is 22.2. The maximum Gasteiger partial charge on any atom is 0.324 e. The number of hydrogen-bond donors (Lipinski definition) is 2. The number of hydrogen-bond acceptors (Lipinski definition) is 4. The van der Waals surface area contributed by atoms with E-state index >= 15 is 0 Å². The van der Waals surface area contributed by atoms with E-state index in [0.717, 1.165) is 4.31 Å². The van der Waals surface area contributed by atoms with E-state index in [9.17, 15) is 18.0 Å². The number of nitrogens with one attached hydrogen (secondary N) is 1. The number of anilines is 2. The van der Waals surface area contributed by atoms with Gasteiger partial charge in [-0.05, 0) is 55.0 Å². The van der Waals surface area contributed by atoms with Crippen LogP contribution in [-0.4, -0.2) is 31.9 Å². The Kier molecular flexibility index (Phi) is 5.89. The molecule has 26 heavy (non-hydrogen) atoms. The second-order valence-electron chi connectivity index (χ2n) is 5.54. The Morgan fingerprint density at radius 1 is 1.15 bits per heavy atom. The van der Waals surface area contributed by atoms with Gasteiger partial charge in [-0.1, -0.05) is 11.6 Å². The predicted molar refractivity (Wildman–Crippen MR) is 99.1 cm³/mol. The second-order valence-corrected chi connectivity index (χ2v) is 7.84. The van der Waals surface area contributed by atoms with Crippen LogP contribution >= 0.6 is 11.6 Å². The van der Waals surface area contributed by atoms with Crippen LogP contribution in [0.3, 0.4) is 0 Å². The normalized spacial score (nSPS) is 11.0. The van der Waals surface area contributed by atoms with Crippen LogP contribution in [0.4, 0.5) is 11.4 Å². The Bertz CT molecular complexity index is 942. The number of carboxylic acid groups (broad SMARTS) is 1. The van der Waals surface area contributed by atoms with Gasteiger partial charge in [0.25, 0.3) is 10.0 Å². The zero-order valence-electron chi connectivity index (χ0n) is 14.1. The summed E-state index contributed by atoms with van der Waals surface area (Å²) in [5.41, 5.74) is 1.18. The Labute approximate surface area is 156 Å². The highest BCUT2D eigenvalue weighted by atomic mass is 35.5. The van der Waals surface area contributed by atoms with E-state index in [0.29, 0.717) is 16.3 Å². The van der Waals surface area contributed by atoms with E-state index in [4.69, 9.17) is 16.7 Å². The second kappa shape index (κ2) is 7.76. The van der Waals surface area contributed by atoms with Gasteiger partial charge in [0.2, 0.25) is 5.91 Å². The summed E-state index contributed by atoms with van der Waals surface area (Å²) >= 11 is 5.90. The van der Waals surface area contributed by atoms with Crippen LogP contribution in [0.5, 0.6) is 0 Å². The minimum atomic E-state index is -4.13. The highest BCUT2D eigenvalue weighted by Gasteiger charge is 2.28. The molecule has 0 aliphatic rings. The summed E-state index contributed by atoms with van der Waals surface area (Å²) in [6.07, 6.45) is 0. The van der Waals surface area contributed by atoms with Crippen molar-refractivity contribution in [1.29, 1.82) is 0 Å². The number of rotatable bonds is 6. The molecule has 2 N–H and O–H groups in total. The minimum Gasteiger partial charge on any atom is -0.480 e. The number of halogens is 1. The summed E-state index contributed by atoms with van der Waals surface area (Å²) in [5.74, 6) is -1.58. The zero-order chi connectivity index (χ0) is 19.5. The van der Waals surface area contributed by atoms with E-state index in [-0.39, 0.29) is 16.5 Å². The number of carbonyl (C=O) groups excluding carboxylic acids is 1. The topological polar surface area (TPSA) is 104 Å². The molecule has 0 heterocycles. The third-order valence-corrected chi connectivity index (χ3v) is 5.48. The quantitative estimate of drug-likeness (QED) is 0.781. The van der Waals surface area contributed by atoms with Crippen molar-refractivity contribution >= 4 is 44.9 Å². The van der Waals surface area contributed by atoms with E-state index in [1.165, 1.54) is 43.3 Å². The molecule has 9 heteroatoms. The van der Waals surface area contributed by atoms with Crippen molar-refractivity contribution in [3.63, 3.8) is 0 Å². The smallest absolute Gasteiger partial charge is 0.324 e. The van der Waals surface area contributed by atoms with Crippen molar-refractivity contribution in [2.45, 2.75) is 18.7 Å². The lowest BCUT2D eigenvalue weighted by Gasteiger charge is -2.24. The van der Waals surface area contributed by atoms with Gasteiger partial charge in [0.1, 0.15) is 6.54 Å². The van der Waals surface area contributed by atoms with Crippen molar-refractivity contribution in [3.05, 3.63) is 53.1 Å². The van der Waals surface area contributed by atoms with Crippen LogP contribution < -0.4 is 9.62 Å². The maximum absolute atomic E-state index is 13.0. The van der Waals surface area contributed by atoms with Crippen LogP contribution in [0.15, 0.2) is 47.4 Å². The first-order chi connectivity index (χ1) is 12.1. The molecule has 2 aromatic rings. The molecule has 0 aliphatic carbocycles. The monoisotopic (exact) mass is 396 g/mol. The fraction of sp³-hybridized carbons (Fsp3) is 0.176. The van der Waals surface area contributed by atoms with Gasteiger partial charge in [-0.2, -0.15) is 0 Å². The fourth-order valence-corrected chi connectivity index (χ4v) is 4.07. The van der Waals surface area contributed by atoms with Gasteiger partial charge in [-0.3, -0.25) is 13.9 Å². The lowest BCUT2D eigenvalue weighted by Crippen LogP contribution is -2.36. The predicted octanol–water partition coefficient (Wildman–Crippen LogP) is 2.89. The Balaban J connectivity index is 2.49. The lowest BCUT2D eigenvalue weighted by molar-refractivity contribution is -0.135. The molecule has 0 aliphatic heterocycles. The number of aryl methyl sites for hydroxylation is 1. The molecule has 1 amide bonds. The molecular weight excluding hydrogens is 380 g/mol. The number of benzene rings is 2. The molecule has 2 aromatic carbocycles. The lowest BCUT2D eigenvalue weighted by atomic mass is 10.2. The van der Waals surface area contributed by atoms with Crippen LogP contribution in [0.2, 0.25) is 5.02 Å². The molecule has 0 fully saturated rings. The largest absolute Gasteiger partial charge is 0.480 e. The number of aliphatic carboxylic acids is 1. The highest BCUT2D eigenvalue weighted by Crippen LogP contribution is 2.29. The molecule has 0 unspecified atom stereocenters. The molecule has 0 atom stereocenters. The molecule has 0 aromatic heterocycles. The standard InChI is InChI=1S/C17H17ClN2O5S/c1-11-9-13(18)3-8-16(11)20(10-17(22)23)26(24,25)15-6-4-14(5-7-15)19-12(2)21/h3-9H,10H2,1-2H3,(H,19,21)(H,22,23). The van der Waals surface area contributed by atoms with E-state index in [1.807, 2.05) is 0 Å². The average Bonchev–Trinajstić information content (AvgIpc) is 2.53. The molecule has 2 rings (SSSR count). The minimum absolute atomic E-state index is 0.0952. The zero-order valence-corrected chi connectivity index (χ0v) is 15.6. The van der Waals surface area contributed by atoms with Gasteiger partial charge in [0.15, 0.2) is 0 Å². The van der Waals surface area contributed by atoms with Crippen molar-refractivity contribution in [1.82, 2.24) is 0 Å². The van der Waals surface area contributed by atoms with Crippen molar-refractivity contribution < 1.29 is 23.1 Å². The van der Waals surface area contributed by atoms with Gasteiger partial charge in [0, 0.05) is 17.6 Å². The Morgan fingerprint density at radius 2 is 1.77 bits per heavy atom. The molecule has 0 saturated heterocycles. The molecular formula is C17H17ClN2O5S. The average molecular weight is 397 g/mol. The number of sulfonamides is 1. The maximum atomic E-state index is 13.0. The first-order valence-electron chi connectivity index (χ1n) is 7.49. The summed E-state index contributed by atoms with van der Waals surface area (Å²) in [5, 5.41) is 12.1. The van der Waals surface area contributed by atoms with Gasteiger partial charge in [-0.25, -0.2) is 8.42 Å². The van der Waals surface area contributed by atoms with E-state index < -0.39 is 22.5 Å². The van der Waals surface area contributed by atoms with Crippen LogP contribution in [0.25, 0.3) is 0 Å². The van der Waals surface area contributed by atoms with Crippen molar-refractivity contribution in [3.8, 4) is 0 Å². The highest BCUT2D eigenvalue weighted by molar-refractivity contribution is 7.92. The number of nitrogens with zero attached hydrogens (tertiary/aromatic N) is 1. The fourth-order valence-electron chi connectivity index (χ4n) is 2.36. The van der Waals surface area contributed by atoms with E-state index in [1.54, 1.807) is 13.0 Å². The Hall–Kier alpha value is -2.58.